The quantitative estimate of drug-likeness (QED) is 0.684. The number of hydrogen-bond donors (Lipinski definition) is 0. The molecule has 0 spiro atoms. The molecule has 0 aliphatic rings. The molecule has 0 aromatic heterocycles. The second-order valence-corrected chi connectivity index (χ2v) is 3.43. The van der Waals surface area contributed by atoms with E-state index in [1.807, 2.05) is 13.8 Å². The third kappa shape index (κ3) is 7.17. The second kappa shape index (κ2) is 13.4. The highest BCUT2D eigenvalue weighted by Gasteiger charge is 1.96. The van der Waals surface area contributed by atoms with Gasteiger partial charge in [0, 0.05) is 0 Å². The average Bonchev–Trinajstić information content (AvgIpc) is 2.54. The Morgan fingerprint density at radius 2 is 1.14 bits per heavy atom. The summed E-state index contributed by atoms with van der Waals surface area (Å²) in [7, 11) is 0. The van der Waals surface area contributed by atoms with Gasteiger partial charge in [0.15, 0.2) is 0 Å². The molecule has 1 aromatic rings. The number of nitrogens with zero attached hydrogens (tertiary/aromatic N) is 4. The second-order valence-electron chi connectivity index (χ2n) is 3.43. The zero-order valence-corrected chi connectivity index (χ0v) is 12.8. The third-order valence-corrected chi connectivity index (χ3v) is 1.87. The van der Waals surface area contributed by atoms with E-state index in [0.717, 1.165) is 0 Å². The summed E-state index contributed by atoms with van der Waals surface area (Å²) in [6, 6.07) is 9.75. The van der Waals surface area contributed by atoms with Crippen LogP contribution >= 0.6 is 0 Å². The standard InChI is InChI=1S/C12H4N4.C3H8.C2H6/c1-15-11(7-13)9-3-5-10(6-4-9)12(8-14)16-2;1-3-2;1-2/h3-6H;3H2,1-2H3;1-2H3. The lowest BCUT2D eigenvalue weighted by molar-refractivity contribution is 1.09. The largest absolute Gasteiger partial charge is 0.268 e. The van der Waals surface area contributed by atoms with Gasteiger partial charge in [0.1, 0.15) is 0 Å². The van der Waals surface area contributed by atoms with Gasteiger partial charge in [0.2, 0.25) is 0 Å². The van der Waals surface area contributed by atoms with E-state index in [0.29, 0.717) is 10.4 Å². The van der Waals surface area contributed by atoms with E-state index in [1.54, 1.807) is 36.4 Å². The summed E-state index contributed by atoms with van der Waals surface area (Å²) in [5, 5.41) is 18.3. The van der Waals surface area contributed by atoms with Crippen LogP contribution in [0.3, 0.4) is 0 Å². The van der Waals surface area contributed by atoms with Gasteiger partial charge in [-0.2, -0.15) is 0 Å². The van der Waals surface area contributed by atoms with Crippen molar-refractivity contribution in [3.8, 4) is 12.1 Å². The smallest absolute Gasteiger partial charge is 0.226 e. The first-order valence-electron chi connectivity index (χ1n) is 6.58. The lowest BCUT2D eigenvalue weighted by Crippen LogP contribution is -2.10. The van der Waals surface area contributed by atoms with Crippen LogP contribution in [0.4, 0.5) is 0 Å². The predicted octanol–water partition coefficient (Wildman–Crippen LogP) is 3.23. The van der Waals surface area contributed by atoms with Crippen molar-refractivity contribution in [3.63, 3.8) is 0 Å². The van der Waals surface area contributed by atoms with E-state index < -0.39 is 0 Å². The van der Waals surface area contributed by atoms with Gasteiger partial charge in [-0.3, -0.25) is 0 Å². The van der Waals surface area contributed by atoms with Crippen molar-refractivity contribution in [3.05, 3.63) is 57.5 Å². The molecule has 0 amide bonds. The minimum atomic E-state index is -0.00660. The summed E-state index contributed by atoms with van der Waals surface area (Å²) >= 11 is 0. The molecule has 0 unspecified atom stereocenters. The molecule has 4 nitrogen and oxygen atoms in total. The van der Waals surface area contributed by atoms with Crippen LogP contribution in [0.2, 0.25) is 0 Å². The molecule has 0 aliphatic carbocycles. The lowest BCUT2D eigenvalue weighted by atomic mass is 10.2. The number of benzene rings is 1. The number of hydrogen-bond acceptors (Lipinski definition) is 2. The van der Waals surface area contributed by atoms with Gasteiger partial charge in [-0.05, 0) is 10.4 Å². The minimum absolute atomic E-state index is 0.00660. The van der Waals surface area contributed by atoms with Gasteiger partial charge in [0.05, 0.1) is 25.3 Å². The van der Waals surface area contributed by atoms with Crippen LogP contribution in [0.25, 0.3) is 21.1 Å². The number of rotatable bonds is 0. The highest BCUT2D eigenvalue weighted by Crippen LogP contribution is 1.92. The topological polar surface area (TPSA) is 56.3 Å². The third-order valence-electron chi connectivity index (χ3n) is 1.87. The van der Waals surface area contributed by atoms with Crippen molar-refractivity contribution >= 4 is 11.4 Å². The maximum absolute atomic E-state index is 8.64. The van der Waals surface area contributed by atoms with Gasteiger partial charge < -0.3 is 0 Å². The Kier molecular flexibility index (Phi) is 12.9. The molecule has 0 atom stereocenters. The van der Waals surface area contributed by atoms with Gasteiger partial charge in [-0.15, -0.1) is 0 Å². The lowest BCUT2D eigenvalue weighted by Gasteiger charge is -1.88. The molecule has 4 heteroatoms. The van der Waals surface area contributed by atoms with E-state index in [9.17, 15) is 0 Å². The highest BCUT2D eigenvalue weighted by atomic mass is 14.7. The van der Waals surface area contributed by atoms with E-state index in [4.69, 9.17) is 23.7 Å². The van der Waals surface area contributed by atoms with E-state index in [1.165, 1.54) is 6.42 Å². The Hall–Kier alpha value is -3.08. The Labute approximate surface area is 126 Å². The first-order chi connectivity index (χ1) is 10.2. The van der Waals surface area contributed by atoms with E-state index in [-0.39, 0.29) is 11.4 Å². The Balaban J connectivity index is 0. The van der Waals surface area contributed by atoms with Gasteiger partial charge >= 0.3 is 0 Å². The molecular weight excluding hydrogens is 260 g/mol. The van der Waals surface area contributed by atoms with Crippen LogP contribution in [0.1, 0.15) is 34.1 Å². The van der Waals surface area contributed by atoms with Gasteiger partial charge in [-0.25, -0.2) is 20.2 Å². The Morgan fingerprint density at radius 1 is 0.905 bits per heavy atom. The minimum Gasteiger partial charge on any atom is -0.226 e. The Bertz CT molecular complexity index is 598. The molecule has 106 valence electrons. The molecular formula is C17H18N4. The summed E-state index contributed by atoms with van der Waals surface area (Å²) < 4.78 is 0. The van der Waals surface area contributed by atoms with E-state index in [2.05, 4.69) is 23.5 Å². The first kappa shape index (κ1) is 20.2. The highest BCUT2D eigenvalue weighted by molar-refractivity contribution is 5.67. The van der Waals surface area contributed by atoms with Crippen LogP contribution in [-0.4, -0.2) is 0 Å². The molecule has 0 saturated carbocycles. The van der Waals surface area contributed by atoms with Crippen molar-refractivity contribution in [1.29, 1.82) is 10.5 Å². The Morgan fingerprint density at radius 3 is 1.29 bits per heavy atom. The van der Waals surface area contributed by atoms with E-state index >= 15 is 0 Å². The molecule has 1 aromatic carbocycles. The molecule has 0 aliphatic heterocycles. The molecule has 1 rings (SSSR count). The zero-order valence-electron chi connectivity index (χ0n) is 12.8. The van der Waals surface area contributed by atoms with Crippen LogP contribution in [0.5, 0.6) is 0 Å². The van der Waals surface area contributed by atoms with Crippen molar-refractivity contribution in [2.24, 2.45) is 0 Å². The van der Waals surface area contributed by atoms with Gasteiger partial charge in [-0.1, -0.05) is 58.4 Å². The van der Waals surface area contributed by atoms with Crippen molar-refractivity contribution in [2.75, 3.05) is 0 Å². The van der Waals surface area contributed by atoms with Gasteiger partial charge in [0.25, 0.3) is 11.4 Å². The normalized spacial score (nSPS) is 7.05. The monoisotopic (exact) mass is 278 g/mol. The SMILES string of the molecule is CC.CCC.[C-]#[N+]C(C#N)=c1ccc(=C(C#N)[N+]#[C-])cc1. The van der Waals surface area contributed by atoms with Crippen molar-refractivity contribution in [2.45, 2.75) is 34.1 Å². The fourth-order valence-corrected chi connectivity index (χ4v) is 1.09. The summed E-state index contributed by atoms with van der Waals surface area (Å²) in [6.07, 6.45) is 1.25. The maximum atomic E-state index is 8.64. The van der Waals surface area contributed by atoms with Crippen LogP contribution in [-0.2, 0) is 0 Å². The summed E-state index contributed by atoms with van der Waals surface area (Å²) in [5.41, 5.74) is -0.0132. The summed E-state index contributed by atoms with van der Waals surface area (Å²) in [5.74, 6) is 0. The molecule has 0 saturated heterocycles. The molecule has 0 heterocycles. The summed E-state index contributed by atoms with van der Waals surface area (Å²) in [6.45, 7) is 21.8. The van der Waals surface area contributed by atoms with Crippen molar-refractivity contribution in [1.82, 2.24) is 0 Å². The fourth-order valence-electron chi connectivity index (χ4n) is 1.09. The molecule has 0 bridgehead atoms. The fraction of sp³-hybridized carbons (Fsp3) is 0.294. The van der Waals surface area contributed by atoms with Crippen LogP contribution < -0.4 is 10.4 Å². The predicted molar refractivity (Wildman–Crippen MR) is 84.3 cm³/mol. The number of nitriles is 2. The molecule has 0 radical (unpaired) electrons. The van der Waals surface area contributed by atoms with Crippen LogP contribution in [0, 0.1) is 35.8 Å². The molecule has 0 N–H and O–H groups in total. The zero-order chi connectivity index (χ0) is 16.7. The summed E-state index contributed by atoms with van der Waals surface area (Å²) in [4.78, 5) is 6.13. The average molecular weight is 278 g/mol. The molecule has 21 heavy (non-hydrogen) atoms. The molecule has 0 fully saturated rings. The van der Waals surface area contributed by atoms with Crippen LogP contribution in [0.15, 0.2) is 24.3 Å². The van der Waals surface area contributed by atoms with Crippen molar-refractivity contribution < 1.29 is 0 Å². The first-order valence-corrected chi connectivity index (χ1v) is 6.58. The maximum Gasteiger partial charge on any atom is 0.268 e.